The third kappa shape index (κ3) is 6.87. The topological polar surface area (TPSA) is 138 Å². The fourth-order valence-electron chi connectivity index (χ4n) is 8.83. The van der Waals surface area contributed by atoms with Crippen molar-refractivity contribution >= 4 is 58.3 Å². The number of halogens is 4. The molecule has 13 nitrogen and oxygen atoms in total. The Morgan fingerprint density at radius 1 is 0.929 bits per heavy atom. The predicted octanol–water partition coefficient (Wildman–Crippen LogP) is 3.50. The summed E-state index contributed by atoms with van der Waals surface area (Å²) >= 11 is 6.55. The number of hydrogen-bond acceptors (Lipinski definition) is 10. The Bertz CT molecular complexity index is 2120. The number of carbonyl (C=O) groups excluding carboxylic acids is 5. The molecule has 3 fully saturated rings. The zero-order valence-electron chi connectivity index (χ0n) is 30.4. The molecule has 294 valence electrons. The van der Waals surface area contributed by atoms with Crippen LogP contribution in [0.4, 0.5) is 30.4 Å². The Hall–Kier alpha value is -5.06. The van der Waals surface area contributed by atoms with Crippen molar-refractivity contribution in [3.8, 4) is 0 Å². The van der Waals surface area contributed by atoms with Crippen molar-refractivity contribution in [2.75, 3.05) is 80.6 Å². The molecule has 0 spiro atoms. The number of pyridine rings is 1. The number of piperazine rings is 2. The number of amides is 5. The number of nitrogens with zero attached hydrogens (tertiary/aromatic N) is 6. The normalized spacial score (nSPS) is 23.2. The van der Waals surface area contributed by atoms with E-state index in [2.05, 4.69) is 25.4 Å². The molecule has 0 bridgehead atoms. The van der Waals surface area contributed by atoms with Gasteiger partial charge in [0, 0.05) is 86.5 Å². The minimum atomic E-state index is -2.59. The SMILES string of the molecule is O=C1CCC(N2C(=O)c3cc(F)cc(N4CCN(CCCN5CCN(c6cccc(C7(CC(F)F)CNc8nccc(Cl)c87)c6)C(=O)C5)CC4)c3C2=O)C(=O)N1. The highest BCUT2D eigenvalue weighted by Gasteiger charge is 2.47. The monoisotopic (exact) mass is 792 g/mol. The molecule has 3 aromatic rings. The van der Waals surface area contributed by atoms with Crippen LogP contribution in [-0.4, -0.2) is 127 Å². The fourth-order valence-corrected chi connectivity index (χ4v) is 9.16. The van der Waals surface area contributed by atoms with Gasteiger partial charge in [0.1, 0.15) is 17.7 Å². The first-order valence-corrected chi connectivity index (χ1v) is 19.1. The van der Waals surface area contributed by atoms with Gasteiger partial charge in [-0.15, -0.1) is 0 Å². The van der Waals surface area contributed by atoms with Gasteiger partial charge in [-0.3, -0.25) is 44.0 Å². The van der Waals surface area contributed by atoms with Gasteiger partial charge in [0.05, 0.1) is 23.4 Å². The van der Waals surface area contributed by atoms with Crippen LogP contribution in [0.3, 0.4) is 0 Å². The van der Waals surface area contributed by atoms with Crippen molar-refractivity contribution in [1.29, 1.82) is 0 Å². The molecule has 1 aromatic heterocycles. The lowest BCUT2D eigenvalue weighted by Gasteiger charge is -2.38. The molecule has 0 aliphatic carbocycles. The average Bonchev–Trinajstić information content (AvgIpc) is 3.66. The number of anilines is 3. The molecule has 3 saturated heterocycles. The van der Waals surface area contributed by atoms with Crippen molar-refractivity contribution in [1.82, 2.24) is 25.0 Å². The highest BCUT2D eigenvalue weighted by Crippen LogP contribution is 2.48. The third-order valence-corrected chi connectivity index (χ3v) is 11.9. The second kappa shape index (κ2) is 15.1. The van der Waals surface area contributed by atoms with Gasteiger partial charge in [-0.05, 0) is 61.8 Å². The highest BCUT2D eigenvalue weighted by atomic mass is 35.5. The van der Waals surface area contributed by atoms with Crippen molar-refractivity contribution in [3.63, 3.8) is 0 Å². The van der Waals surface area contributed by atoms with Crippen LogP contribution in [0.25, 0.3) is 0 Å². The Morgan fingerprint density at radius 3 is 2.45 bits per heavy atom. The molecule has 0 saturated carbocycles. The number of benzene rings is 2. The number of hydrogen-bond donors (Lipinski definition) is 2. The Balaban J connectivity index is 0.854. The van der Waals surface area contributed by atoms with Crippen LogP contribution in [0.5, 0.6) is 0 Å². The number of fused-ring (bicyclic) bond motifs is 2. The summed E-state index contributed by atoms with van der Waals surface area (Å²) in [5, 5.41) is 5.69. The molecule has 5 amide bonds. The Kier molecular flexibility index (Phi) is 10.2. The number of piperidine rings is 1. The van der Waals surface area contributed by atoms with Gasteiger partial charge in [0.2, 0.25) is 24.1 Å². The van der Waals surface area contributed by atoms with E-state index in [-0.39, 0.29) is 43.0 Å². The minimum absolute atomic E-state index is 0.00896. The maximum atomic E-state index is 14.8. The number of imide groups is 2. The lowest BCUT2D eigenvalue weighted by Crippen LogP contribution is -2.54. The number of aromatic nitrogens is 1. The van der Waals surface area contributed by atoms with Gasteiger partial charge in [-0.25, -0.2) is 18.2 Å². The van der Waals surface area contributed by atoms with Crippen molar-refractivity contribution in [3.05, 3.63) is 81.8 Å². The van der Waals surface area contributed by atoms with Crippen LogP contribution in [0.15, 0.2) is 48.7 Å². The smallest absolute Gasteiger partial charge is 0.264 e. The molecular formula is C39H40ClF3N8O5. The zero-order chi connectivity index (χ0) is 39.3. The molecule has 0 radical (unpaired) electrons. The zero-order valence-corrected chi connectivity index (χ0v) is 31.2. The largest absolute Gasteiger partial charge is 0.369 e. The first-order chi connectivity index (χ1) is 26.9. The van der Waals surface area contributed by atoms with Gasteiger partial charge < -0.3 is 15.1 Å². The van der Waals surface area contributed by atoms with Crippen LogP contribution >= 0.6 is 11.6 Å². The van der Waals surface area contributed by atoms with E-state index in [0.29, 0.717) is 79.2 Å². The molecule has 5 aliphatic rings. The molecule has 2 atom stereocenters. The van der Waals surface area contributed by atoms with Crippen molar-refractivity contribution < 1.29 is 37.1 Å². The van der Waals surface area contributed by atoms with E-state index in [1.54, 1.807) is 23.1 Å². The number of alkyl halides is 2. The number of carbonyl (C=O) groups is 5. The minimum Gasteiger partial charge on any atom is -0.369 e. The van der Waals surface area contributed by atoms with Gasteiger partial charge in [-0.1, -0.05) is 23.7 Å². The summed E-state index contributed by atoms with van der Waals surface area (Å²) in [6.45, 7) is 5.17. The highest BCUT2D eigenvalue weighted by molar-refractivity contribution is 6.32. The molecule has 17 heteroatoms. The summed E-state index contributed by atoms with van der Waals surface area (Å²) in [6.07, 6.45) is -0.703. The average molecular weight is 793 g/mol. The van der Waals surface area contributed by atoms with E-state index in [1.807, 2.05) is 17.0 Å². The molecule has 5 aliphatic heterocycles. The molecule has 2 aromatic carbocycles. The van der Waals surface area contributed by atoms with Gasteiger partial charge in [0.15, 0.2) is 0 Å². The van der Waals surface area contributed by atoms with Crippen LogP contribution < -0.4 is 20.4 Å². The summed E-state index contributed by atoms with van der Waals surface area (Å²) in [7, 11) is 0. The number of rotatable bonds is 10. The second-order valence-corrected chi connectivity index (χ2v) is 15.3. The molecule has 56 heavy (non-hydrogen) atoms. The van der Waals surface area contributed by atoms with Crippen LogP contribution in [0.2, 0.25) is 5.02 Å². The molecule has 2 N–H and O–H groups in total. The number of nitrogens with one attached hydrogen (secondary N) is 2. The van der Waals surface area contributed by atoms with E-state index in [4.69, 9.17) is 11.6 Å². The summed E-state index contributed by atoms with van der Waals surface area (Å²) in [6, 6.07) is 9.96. The predicted molar refractivity (Wildman–Crippen MR) is 201 cm³/mol. The van der Waals surface area contributed by atoms with E-state index < -0.39 is 53.7 Å². The summed E-state index contributed by atoms with van der Waals surface area (Å²) < 4.78 is 43.0. The van der Waals surface area contributed by atoms with Crippen molar-refractivity contribution in [2.24, 2.45) is 0 Å². The van der Waals surface area contributed by atoms with Crippen LogP contribution in [-0.2, 0) is 19.8 Å². The summed E-state index contributed by atoms with van der Waals surface area (Å²) in [5.41, 5.74) is 1.01. The van der Waals surface area contributed by atoms with E-state index in [1.165, 1.54) is 12.3 Å². The molecule has 2 unspecified atom stereocenters. The standard InChI is InChI=1S/C39H40ClF3N8O5/c40-27-7-8-44-35-34(27)39(22-45-35,20-30(42)43)23-3-1-4-25(17-23)50-16-13-48(21-32(50)53)10-2-9-47-11-14-49(15-12-47)29-19-24(41)18-26-33(29)38(56)51(37(26)55)28-5-6-31(52)46-36(28)54/h1,3-4,7-8,17-19,28,30H,2,5-6,9-16,20-22H2,(H,44,45)(H,46,52,54). The van der Waals surface area contributed by atoms with Gasteiger partial charge >= 0.3 is 0 Å². The van der Waals surface area contributed by atoms with Crippen LogP contribution in [0.1, 0.15) is 57.5 Å². The Morgan fingerprint density at radius 2 is 1.70 bits per heavy atom. The summed E-state index contributed by atoms with van der Waals surface area (Å²) in [5.74, 6) is -2.88. The maximum absolute atomic E-state index is 14.8. The van der Waals surface area contributed by atoms with E-state index in [9.17, 15) is 37.1 Å². The Labute approximate surface area is 325 Å². The van der Waals surface area contributed by atoms with Crippen LogP contribution in [0, 0.1) is 5.82 Å². The van der Waals surface area contributed by atoms with E-state index >= 15 is 0 Å². The maximum Gasteiger partial charge on any atom is 0.264 e. The molecule has 6 heterocycles. The molecule has 8 rings (SSSR count). The first-order valence-electron chi connectivity index (χ1n) is 18.8. The third-order valence-electron chi connectivity index (χ3n) is 11.6. The summed E-state index contributed by atoms with van der Waals surface area (Å²) in [4.78, 5) is 77.6. The lowest BCUT2D eigenvalue weighted by molar-refractivity contribution is -0.136. The van der Waals surface area contributed by atoms with E-state index in [0.717, 1.165) is 23.9 Å². The molecular weight excluding hydrogens is 753 g/mol. The van der Waals surface area contributed by atoms with Gasteiger partial charge in [-0.2, -0.15) is 0 Å². The van der Waals surface area contributed by atoms with Crippen molar-refractivity contribution in [2.45, 2.75) is 43.6 Å². The quantitative estimate of drug-likeness (QED) is 0.294. The van der Waals surface area contributed by atoms with Gasteiger partial charge in [0.25, 0.3) is 11.8 Å². The lowest BCUT2D eigenvalue weighted by atomic mass is 9.74. The second-order valence-electron chi connectivity index (χ2n) is 14.9. The first kappa shape index (κ1) is 37.8. The fraction of sp³-hybridized carbons (Fsp3) is 0.436.